The summed E-state index contributed by atoms with van der Waals surface area (Å²) in [6.07, 6.45) is 4.28. The van der Waals surface area contributed by atoms with E-state index in [-0.39, 0.29) is 12.0 Å². The van der Waals surface area contributed by atoms with Crippen LogP contribution in [0.25, 0.3) is 0 Å². The summed E-state index contributed by atoms with van der Waals surface area (Å²) in [7, 11) is 0. The van der Waals surface area contributed by atoms with Gasteiger partial charge in [0.2, 0.25) is 0 Å². The van der Waals surface area contributed by atoms with Crippen LogP contribution in [-0.2, 0) is 9.53 Å². The second-order valence-corrected chi connectivity index (χ2v) is 4.53. The van der Waals surface area contributed by atoms with Crippen LogP contribution in [0.3, 0.4) is 0 Å². The zero-order chi connectivity index (χ0) is 11.3. The molecule has 1 fully saturated rings. The highest BCUT2D eigenvalue weighted by atomic mass is 16.5. The number of nitrogens with one attached hydrogen (secondary N) is 1. The van der Waals surface area contributed by atoms with Crippen molar-refractivity contribution in [2.45, 2.75) is 58.5 Å². The molecular weight excluding hydrogens is 190 g/mol. The summed E-state index contributed by atoms with van der Waals surface area (Å²) in [5, 5.41) is 3.39. The molecule has 1 N–H and O–H groups in total. The molecule has 3 heteroatoms. The van der Waals surface area contributed by atoms with E-state index in [0.29, 0.717) is 12.6 Å². The van der Waals surface area contributed by atoms with E-state index >= 15 is 0 Å². The largest absolute Gasteiger partial charge is 0.465 e. The molecule has 0 aliphatic heterocycles. The van der Waals surface area contributed by atoms with Gasteiger partial charge in [-0.1, -0.05) is 20.3 Å². The fourth-order valence-electron chi connectivity index (χ4n) is 2.12. The quantitative estimate of drug-likeness (QED) is 0.687. The number of ether oxygens (including phenoxy) is 1. The van der Waals surface area contributed by atoms with E-state index < -0.39 is 0 Å². The van der Waals surface area contributed by atoms with Crippen molar-refractivity contribution in [2.75, 3.05) is 6.61 Å². The Kier molecular flexibility index (Phi) is 5.09. The minimum atomic E-state index is -0.0903. The minimum Gasteiger partial charge on any atom is -0.465 e. The molecule has 0 aromatic heterocycles. The average Bonchev–Trinajstić information content (AvgIpc) is 2.14. The van der Waals surface area contributed by atoms with E-state index in [9.17, 15) is 4.79 Å². The second kappa shape index (κ2) is 6.11. The van der Waals surface area contributed by atoms with Gasteiger partial charge in [-0.2, -0.15) is 0 Å². The lowest BCUT2D eigenvalue weighted by Gasteiger charge is -2.35. The summed E-state index contributed by atoms with van der Waals surface area (Å²) in [4.78, 5) is 11.6. The molecule has 0 bridgehead atoms. The smallest absolute Gasteiger partial charge is 0.323 e. The maximum Gasteiger partial charge on any atom is 0.323 e. The van der Waals surface area contributed by atoms with Crippen molar-refractivity contribution in [2.24, 2.45) is 5.92 Å². The fourth-order valence-corrected chi connectivity index (χ4v) is 2.12. The van der Waals surface area contributed by atoms with Crippen LogP contribution < -0.4 is 5.32 Å². The summed E-state index contributed by atoms with van der Waals surface area (Å²) in [6, 6.07) is 0.438. The van der Waals surface area contributed by atoms with Crippen LogP contribution in [0.15, 0.2) is 0 Å². The lowest BCUT2D eigenvalue weighted by Crippen LogP contribution is -2.49. The van der Waals surface area contributed by atoms with Gasteiger partial charge < -0.3 is 10.1 Å². The van der Waals surface area contributed by atoms with Gasteiger partial charge in [-0.15, -0.1) is 0 Å². The topological polar surface area (TPSA) is 38.3 Å². The molecule has 1 aliphatic carbocycles. The van der Waals surface area contributed by atoms with E-state index in [0.717, 1.165) is 18.8 Å². The highest BCUT2D eigenvalue weighted by molar-refractivity contribution is 5.75. The maximum absolute atomic E-state index is 11.6. The molecule has 0 radical (unpaired) electrons. The maximum atomic E-state index is 11.6. The number of carbonyl (C=O) groups is 1. The molecule has 1 saturated carbocycles. The number of esters is 1. The summed E-state index contributed by atoms with van der Waals surface area (Å²) >= 11 is 0. The molecule has 0 aromatic rings. The van der Waals surface area contributed by atoms with Crippen LogP contribution in [0.5, 0.6) is 0 Å². The van der Waals surface area contributed by atoms with Crippen LogP contribution in [0.4, 0.5) is 0 Å². The molecular formula is C12H23NO2. The third kappa shape index (κ3) is 3.82. The molecule has 0 aromatic carbocycles. The number of hydrogen-bond acceptors (Lipinski definition) is 3. The Hall–Kier alpha value is -0.570. The standard InChI is InChI=1S/C12H23NO2/c1-4-6-11(12(14)15-5-2)13-10-7-9(3)8-10/h9-11,13H,4-8H2,1-3H3. The van der Waals surface area contributed by atoms with Gasteiger partial charge in [-0.25, -0.2) is 0 Å². The third-order valence-corrected chi connectivity index (χ3v) is 2.96. The van der Waals surface area contributed by atoms with Gasteiger partial charge in [0, 0.05) is 6.04 Å². The van der Waals surface area contributed by atoms with Crippen molar-refractivity contribution in [3.63, 3.8) is 0 Å². The van der Waals surface area contributed by atoms with E-state index in [1.54, 1.807) is 0 Å². The van der Waals surface area contributed by atoms with Gasteiger partial charge >= 0.3 is 5.97 Å². The van der Waals surface area contributed by atoms with Crippen molar-refractivity contribution < 1.29 is 9.53 Å². The Morgan fingerprint density at radius 1 is 1.47 bits per heavy atom. The highest BCUT2D eigenvalue weighted by Gasteiger charge is 2.29. The van der Waals surface area contributed by atoms with Gasteiger partial charge in [0.05, 0.1) is 6.61 Å². The van der Waals surface area contributed by atoms with Gasteiger partial charge in [-0.3, -0.25) is 4.79 Å². The van der Waals surface area contributed by atoms with Crippen LogP contribution in [0.1, 0.15) is 46.5 Å². The fraction of sp³-hybridized carbons (Fsp3) is 0.917. The van der Waals surface area contributed by atoms with Gasteiger partial charge in [0.25, 0.3) is 0 Å². The first-order valence-electron chi connectivity index (χ1n) is 6.10. The summed E-state index contributed by atoms with van der Waals surface area (Å²) in [5.74, 6) is 0.728. The summed E-state index contributed by atoms with van der Waals surface area (Å²) in [6.45, 7) is 6.67. The molecule has 1 rings (SSSR count). The number of carbonyl (C=O) groups excluding carboxylic acids is 1. The minimum absolute atomic E-state index is 0.0843. The van der Waals surface area contributed by atoms with Gasteiger partial charge in [0.15, 0.2) is 0 Å². The van der Waals surface area contributed by atoms with Crippen LogP contribution >= 0.6 is 0 Å². The van der Waals surface area contributed by atoms with Gasteiger partial charge in [0.1, 0.15) is 6.04 Å². The SMILES string of the molecule is CCCC(NC1CC(C)C1)C(=O)OCC. The second-order valence-electron chi connectivity index (χ2n) is 4.53. The molecule has 0 heterocycles. The lowest BCUT2D eigenvalue weighted by molar-refractivity contribution is -0.146. The van der Waals surface area contributed by atoms with Crippen molar-refractivity contribution in [3.8, 4) is 0 Å². The molecule has 0 spiro atoms. The van der Waals surface area contributed by atoms with E-state index in [2.05, 4.69) is 19.2 Å². The highest BCUT2D eigenvalue weighted by Crippen LogP contribution is 2.27. The first kappa shape index (κ1) is 12.5. The van der Waals surface area contributed by atoms with Crippen molar-refractivity contribution in [1.82, 2.24) is 5.32 Å². The predicted octanol–water partition coefficient (Wildman–Crippen LogP) is 2.11. The van der Waals surface area contributed by atoms with Gasteiger partial charge in [-0.05, 0) is 32.1 Å². The number of rotatable bonds is 6. The Bertz CT molecular complexity index is 200. The lowest BCUT2D eigenvalue weighted by atomic mass is 9.81. The molecule has 0 amide bonds. The van der Waals surface area contributed by atoms with Crippen molar-refractivity contribution >= 4 is 5.97 Å². The zero-order valence-corrected chi connectivity index (χ0v) is 10.1. The van der Waals surface area contributed by atoms with Crippen LogP contribution in [-0.4, -0.2) is 24.7 Å². The first-order valence-corrected chi connectivity index (χ1v) is 6.10. The Labute approximate surface area is 92.6 Å². The number of hydrogen-bond donors (Lipinski definition) is 1. The monoisotopic (exact) mass is 213 g/mol. The molecule has 1 aliphatic rings. The Balaban J connectivity index is 2.32. The van der Waals surface area contributed by atoms with Crippen molar-refractivity contribution in [3.05, 3.63) is 0 Å². The van der Waals surface area contributed by atoms with Crippen LogP contribution in [0.2, 0.25) is 0 Å². The van der Waals surface area contributed by atoms with E-state index in [1.165, 1.54) is 12.8 Å². The summed E-state index contributed by atoms with van der Waals surface area (Å²) < 4.78 is 5.05. The van der Waals surface area contributed by atoms with E-state index in [4.69, 9.17) is 4.74 Å². The van der Waals surface area contributed by atoms with Crippen LogP contribution in [0, 0.1) is 5.92 Å². The normalized spacial score (nSPS) is 26.9. The molecule has 88 valence electrons. The average molecular weight is 213 g/mol. The summed E-state index contributed by atoms with van der Waals surface area (Å²) in [5.41, 5.74) is 0. The Morgan fingerprint density at radius 3 is 2.60 bits per heavy atom. The third-order valence-electron chi connectivity index (χ3n) is 2.96. The molecule has 1 atom stereocenters. The molecule has 3 nitrogen and oxygen atoms in total. The Morgan fingerprint density at radius 2 is 2.13 bits per heavy atom. The zero-order valence-electron chi connectivity index (χ0n) is 10.1. The van der Waals surface area contributed by atoms with E-state index in [1.807, 2.05) is 6.92 Å². The molecule has 15 heavy (non-hydrogen) atoms. The molecule has 1 unspecified atom stereocenters. The predicted molar refractivity (Wildman–Crippen MR) is 60.7 cm³/mol. The molecule has 0 saturated heterocycles. The van der Waals surface area contributed by atoms with Crippen molar-refractivity contribution in [1.29, 1.82) is 0 Å². The first-order chi connectivity index (χ1) is 7.17.